The highest BCUT2D eigenvalue weighted by molar-refractivity contribution is 5.84. The van der Waals surface area contributed by atoms with Crippen LogP contribution in [-0.2, 0) is 4.74 Å². The van der Waals surface area contributed by atoms with E-state index in [0.717, 1.165) is 5.69 Å². The van der Waals surface area contributed by atoms with Gasteiger partial charge >= 0.3 is 5.97 Å². The molecule has 0 saturated carbocycles. The van der Waals surface area contributed by atoms with Crippen LogP contribution in [-0.4, -0.2) is 37.8 Å². The zero-order valence-corrected chi connectivity index (χ0v) is 10.4. The molecule has 7 nitrogen and oxygen atoms in total. The molecule has 0 N–H and O–H groups in total. The topological polar surface area (TPSA) is 82.8 Å². The molecule has 7 heteroatoms. The molecule has 0 bridgehead atoms. The van der Waals surface area contributed by atoms with Gasteiger partial charge in [0.15, 0.2) is 5.82 Å². The van der Waals surface area contributed by atoms with Crippen LogP contribution in [0.4, 0.5) is 0 Å². The SMILES string of the molecule is COC(=O)c1ncn(-c2nccnc2C(C)C)n1. The van der Waals surface area contributed by atoms with Gasteiger partial charge in [0.25, 0.3) is 5.82 Å². The molecule has 0 spiro atoms. The van der Waals surface area contributed by atoms with Gasteiger partial charge in [-0.2, -0.15) is 4.68 Å². The second kappa shape index (κ2) is 4.91. The Morgan fingerprint density at radius 3 is 2.67 bits per heavy atom. The Morgan fingerprint density at radius 1 is 1.28 bits per heavy atom. The Hall–Kier alpha value is -2.31. The quantitative estimate of drug-likeness (QED) is 0.751. The van der Waals surface area contributed by atoms with Gasteiger partial charge in [-0.3, -0.25) is 4.98 Å². The summed E-state index contributed by atoms with van der Waals surface area (Å²) < 4.78 is 5.98. The fourth-order valence-electron chi connectivity index (χ4n) is 1.48. The number of aromatic nitrogens is 5. The van der Waals surface area contributed by atoms with Gasteiger partial charge in [-0.15, -0.1) is 5.10 Å². The highest BCUT2D eigenvalue weighted by Gasteiger charge is 2.16. The average Bonchev–Trinajstić information content (AvgIpc) is 2.87. The maximum atomic E-state index is 11.3. The fourth-order valence-corrected chi connectivity index (χ4v) is 1.48. The summed E-state index contributed by atoms with van der Waals surface area (Å²) in [5, 5.41) is 4.02. The highest BCUT2D eigenvalue weighted by atomic mass is 16.5. The summed E-state index contributed by atoms with van der Waals surface area (Å²) in [5.74, 6) is 0.177. The third-order valence-corrected chi connectivity index (χ3v) is 2.33. The summed E-state index contributed by atoms with van der Waals surface area (Å²) in [6.45, 7) is 4.01. The molecule has 0 aromatic carbocycles. The molecule has 0 aliphatic heterocycles. The maximum absolute atomic E-state index is 11.3. The predicted molar refractivity (Wildman–Crippen MR) is 62.4 cm³/mol. The number of methoxy groups -OCH3 is 1. The van der Waals surface area contributed by atoms with E-state index in [0.29, 0.717) is 5.82 Å². The van der Waals surface area contributed by atoms with Gasteiger partial charge < -0.3 is 4.74 Å². The predicted octanol–water partition coefficient (Wildman–Crippen LogP) is 0.967. The van der Waals surface area contributed by atoms with Crippen LogP contribution in [0.5, 0.6) is 0 Å². The van der Waals surface area contributed by atoms with Crippen LogP contribution < -0.4 is 0 Å². The number of hydrogen-bond donors (Lipinski definition) is 0. The van der Waals surface area contributed by atoms with Crippen molar-refractivity contribution in [2.75, 3.05) is 7.11 Å². The molecule has 0 saturated heterocycles. The van der Waals surface area contributed by atoms with Crippen LogP contribution in [0.3, 0.4) is 0 Å². The second-order valence-corrected chi connectivity index (χ2v) is 3.92. The molecule has 0 aliphatic carbocycles. The molecule has 94 valence electrons. The monoisotopic (exact) mass is 247 g/mol. The van der Waals surface area contributed by atoms with E-state index in [2.05, 4.69) is 24.8 Å². The van der Waals surface area contributed by atoms with E-state index in [9.17, 15) is 4.79 Å². The third-order valence-electron chi connectivity index (χ3n) is 2.33. The van der Waals surface area contributed by atoms with Gasteiger partial charge in [0.2, 0.25) is 0 Å². The van der Waals surface area contributed by atoms with Crippen molar-refractivity contribution in [3.63, 3.8) is 0 Å². The van der Waals surface area contributed by atoms with E-state index in [1.807, 2.05) is 13.8 Å². The normalized spacial score (nSPS) is 10.7. The largest absolute Gasteiger partial charge is 0.463 e. The number of rotatable bonds is 3. The van der Waals surface area contributed by atoms with E-state index in [4.69, 9.17) is 0 Å². The van der Waals surface area contributed by atoms with Crippen molar-refractivity contribution in [1.82, 2.24) is 24.7 Å². The van der Waals surface area contributed by atoms with Gasteiger partial charge in [-0.25, -0.2) is 14.8 Å². The van der Waals surface area contributed by atoms with Crippen LogP contribution in [0.1, 0.15) is 36.1 Å². The van der Waals surface area contributed by atoms with E-state index in [1.165, 1.54) is 18.1 Å². The molecule has 0 radical (unpaired) electrons. The summed E-state index contributed by atoms with van der Waals surface area (Å²) in [4.78, 5) is 23.6. The molecule has 2 heterocycles. The van der Waals surface area contributed by atoms with E-state index in [-0.39, 0.29) is 11.7 Å². The minimum Gasteiger partial charge on any atom is -0.463 e. The minimum atomic E-state index is -0.580. The van der Waals surface area contributed by atoms with Gasteiger partial charge in [0.1, 0.15) is 6.33 Å². The number of esters is 1. The average molecular weight is 247 g/mol. The lowest BCUT2D eigenvalue weighted by Gasteiger charge is -2.08. The number of carbonyl (C=O) groups is 1. The van der Waals surface area contributed by atoms with Crippen molar-refractivity contribution in [2.45, 2.75) is 19.8 Å². The molecule has 0 aliphatic rings. The van der Waals surface area contributed by atoms with Crippen molar-refractivity contribution >= 4 is 5.97 Å². The summed E-state index contributed by atoms with van der Waals surface area (Å²) in [6, 6.07) is 0. The van der Waals surface area contributed by atoms with Gasteiger partial charge in [0, 0.05) is 12.4 Å². The van der Waals surface area contributed by atoms with Gasteiger partial charge in [-0.1, -0.05) is 13.8 Å². The first kappa shape index (κ1) is 12.2. The van der Waals surface area contributed by atoms with Crippen molar-refractivity contribution in [2.24, 2.45) is 0 Å². The molecular formula is C11H13N5O2. The Labute approximate surface area is 104 Å². The van der Waals surface area contributed by atoms with Crippen LogP contribution in [0, 0.1) is 0 Å². The number of ether oxygens (including phenoxy) is 1. The molecular weight excluding hydrogens is 234 g/mol. The molecule has 2 aromatic heterocycles. The van der Waals surface area contributed by atoms with E-state index in [1.54, 1.807) is 12.4 Å². The van der Waals surface area contributed by atoms with Crippen LogP contribution in [0.25, 0.3) is 5.82 Å². The summed E-state index contributed by atoms with van der Waals surface area (Å²) in [7, 11) is 1.28. The van der Waals surface area contributed by atoms with Crippen molar-refractivity contribution in [1.29, 1.82) is 0 Å². The molecule has 0 unspecified atom stereocenters. The standard InChI is InChI=1S/C11H13N5O2/c1-7(2)8-10(13-5-4-12-8)16-6-14-9(15-16)11(17)18-3/h4-7H,1-3H3. The number of hydrogen-bond acceptors (Lipinski definition) is 6. The number of nitrogens with zero attached hydrogens (tertiary/aromatic N) is 5. The van der Waals surface area contributed by atoms with Crippen LogP contribution in [0.2, 0.25) is 0 Å². The Kier molecular flexibility index (Phi) is 3.31. The first-order valence-electron chi connectivity index (χ1n) is 5.44. The zero-order valence-electron chi connectivity index (χ0n) is 10.4. The Balaban J connectivity index is 2.43. The Morgan fingerprint density at radius 2 is 2.00 bits per heavy atom. The lowest BCUT2D eigenvalue weighted by Crippen LogP contribution is -2.09. The second-order valence-electron chi connectivity index (χ2n) is 3.92. The molecule has 2 rings (SSSR count). The fraction of sp³-hybridized carbons (Fsp3) is 0.364. The lowest BCUT2D eigenvalue weighted by atomic mass is 10.1. The van der Waals surface area contributed by atoms with E-state index >= 15 is 0 Å². The van der Waals surface area contributed by atoms with Crippen molar-refractivity contribution in [3.8, 4) is 5.82 Å². The molecule has 18 heavy (non-hydrogen) atoms. The smallest absolute Gasteiger partial charge is 0.377 e. The van der Waals surface area contributed by atoms with Crippen molar-refractivity contribution in [3.05, 3.63) is 30.2 Å². The minimum absolute atomic E-state index is 0.00198. The molecule has 2 aromatic rings. The van der Waals surface area contributed by atoms with Crippen LogP contribution in [0.15, 0.2) is 18.7 Å². The number of carbonyl (C=O) groups excluding carboxylic acids is 1. The first-order valence-corrected chi connectivity index (χ1v) is 5.44. The Bertz CT molecular complexity index is 564. The molecule has 0 atom stereocenters. The molecule has 0 fully saturated rings. The highest BCUT2D eigenvalue weighted by Crippen LogP contribution is 2.17. The van der Waals surface area contributed by atoms with Crippen LogP contribution >= 0.6 is 0 Å². The van der Waals surface area contributed by atoms with Gasteiger partial charge in [-0.05, 0) is 5.92 Å². The van der Waals surface area contributed by atoms with E-state index < -0.39 is 5.97 Å². The maximum Gasteiger partial charge on any atom is 0.377 e. The summed E-state index contributed by atoms with van der Waals surface area (Å²) in [6.07, 6.45) is 4.61. The lowest BCUT2D eigenvalue weighted by molar-refractivity contribution is 0.0587. The zero-order chi connectivity index (χ0) is 13.1. The first-order chi connectivity index (χ1) is 8.63. The summed E-state index contributed by atoms with van der Waals surface area (Å²) in [5.41, 5.74) is 0.791. The summed E-state index contributed by atoms with van der Waals surface area (Å²) >= 11 is 0. The molecule has 0 amide bonds. The van der Waals surface area contributed by atoms with Crippen molar-refractivity contribution < 1.29 is 9.53 Å². The van der Waals surface area contributed by atoms with Gasteiger partial charge in [0.05, 0.1) is 12.8 Å². The third kappa shape index (κ3) is 2.20.